The number of nitrogens with one attached hydrogen (secondary N) is 1. The summed E-state index contributed by atoms with van der Waals surface area (Å²) in [6.45, 7) is 7.82. The number of aryl methyl sites for hydroxylation is 2. The molecule has 1 saturated heterocycles. The van der Waals surface area contributed by atoms with Gasteiger partial charge in [0.25, 0.3) is 5.79 Å². The van der Waals surface area contributed by atoms with E-state index in [4.69, 9.17) is 9.47 Å². The maximum absolute atomic E-state index is 12.0. The van der Waals surface area contributed by atoms with E-state index in [0.717, 1.165) is 29.2 Å². The highest BCUT2D eigenvalue weighted by atomic mass is 16.7. The molecule has 3 heterocycles. The maximum atomic E-state index is 12.0. The van der Waals surface area contributed by atoms with Crippen molar-refractivity contribution in [1.82, 2.24) is 19.6 Å². The van der Waals surface area contributed by atoms with Crippen LogP contribution in [-0.2, 0) is 25.6 Å². The van der Waals surface area contributed by atoms with Gasteiger partial charge in [-0.1, -0.05) is 0 Å². The number of anilines is 1. The van der Waals surface area contributed by atoms with Crippen molar-refractivity contribution in [3.8, 4) is 16.9 Å². The Balaban J connectivity index is 1.48. The van der Waals surface area contributed by atoms with E-state index >= 15 is 0 Å². The first-order valence-electron chi connectivity index (χ1n) is 9.89. The number of hydrogen-bond acceptors (Lipinski definition) is 7. The Morgan fingerprint density at radius 3 is 2.35 bits per heavy atom. The van der Waals surface area contributed by atoms with Gasteiger partial charge in [-0.25, -0.2) is 14.3 Å². The van der Waals surface area contributed by atoms with E-state index in [2.05, 4.69) is 15.5 Å². The summed E-state index contributed by atoms with van der Waals surface area (Å²) in [5, 5.41) is 12.0. The molecule has 4 rings (SSSR count). The van der Waals surface area contributed by atoms with Gasteiger partial charge in [0.05, 0.1) is 17.1 Å². The van der Waals surface area contributed by atoms with E-state index in [0.29, 0.717) is 5.69 Å². The van der Waals surface area contributed by atoms with Gasteiger partial charge in [-0.05, 0) is 44.2 Å². The van der Waals surface area contributed by atoms with Gasteiger partial charge in [-0.3, -0.25) is 4.68 Å². The van der Waals surface area contributed by atoms with Crippen LogP contribution in [-0.4, -0.2) is 37.3 Å². The van der Waals surface area contributed by atoms with Gasteiger partial charge in [0, 0.05) is 50.2 Å². The molecule has 160 valence electrons. The summed E-state index contributed by atoms with van der Waals surface area (Å²) < 4.78 is 13.8. The Kier molecular flexibility index (Phi) is 5.10. The molecule has 1 aliphatic heterocycles. The quantitative estimate of drug-likeness (QED) is 0.384. The Bertz CT molecular complexity index is 1150. The van der Waals surface area contributed by atoms with Crippen molar-refractivity contribution in [3.63, 3.8) is 0 Å². The first-order chi connectivity index (χ1) is 14.8. The number of aromatic nitrogens is 4. The molecule has 0 radical (unpaired) electrons. The zero-order valence-electron chi connectivity index (χ0n) is 17.7. The largest absolute Gasteiger partial charge is 0.419 e. The third-order valence-corrected chi connectivity index (χ3v) is 4.77. The number of hydrogen-bond donors (Lipinski definition) is 1. The normalized spacial score (nSPS) is 15.4. The second kappa shape index (κ2) is 7.75. The second-order valence-corrected chi connectivity index (χ2v) is 7.56. The van der Waals surface area contributed by atoms with Crippen LogP contribution in [0.1, 0.15) is 26.5 Å². The molecule has 31 heavy (non-hydrogen) atoms. The summed E-state index contributed by atoms with van der Waals surface area (Å²) in [4.78, 5) is 24.0. The number of carbonyl (C=O) groups is 2. The van der Waals surface area contributed by atoms with Gasteiger partial charge in [0.2, 0.25) is 0 Å². The lowest BCUT2D eigenvalue weighted by atomic mass is 10.2. The van der Waals surface area contributed by atoms with Crippen LogP contribution < -0.4 is 5.32 Å². The Hall–Kier alpha value is -3.88. The summed E-state index contributed by atoms with van der Waals surface area (Å²) in [5.41, 5.74) is 4.14. The first kappa shape index (κ1) is 20.4. The van der Waals surface area contributed by atoms with Crippen LogP contribution in [0.4, 0.5) is 5.69 Å². The molecule has 0 amide bonds. The van der Waals surface area contributed by atoms with Crippen LogP contribution >= 0.6 is 0 Å². The monoisotopic (exact) mass is 421 g/mol. The molecule has 2 aromatic heterocycles. The van der Waals surface area contributed by atoms with Gasteiger partial charge in [0.15, 0.2) is 5.57 Å². The summed E-state index contributed by atoms with van der Waals surface area (Å²) in [5.74, 6) is -2.71. The standard InChI is InChI=1S/C22H23N5O4/c1-5-26-13-18(14(2)24-26)19-10-11-27(25-19)16-8-6-15(7-9-16)23-12-17-20(28)30-22(3,4)31-21(17)29/h6-13,23H,5H2,1-4H3. The molecule has 0 atom stereocenters. The average Bonchev–Trinajstić information content (AvgIpc) is 3.33. The van der Waals surface area contributed by atoms with E-state index in [1.807, 2.05) is 61.3 Å². The van der Waals surface area contributed by atoms with Crippen molar-refractivity contribution >= 4 is 17.6 Å². The van der Waals surface area contributed by atoms with Gasteiger partial charge in [-0.2, -0.15) is 10.2 Å². The zero-order chi connectivity index (χ0) is 22.2. The molecule has 1 aromatic carbocycles. The van der Waals surface area contributed by atoms with E-state index in [1.54, 1.807) is 4.68 Å². The molecular weight excluding hydrogens is 398 g/mol. The topological polar surface area (TPSA) is 100 Å². The van der Waals surface area contributed by atoms with Crippen LogP contribution in [0.25, 0.3) is 16.9 Å². The summed E-state index contributed by atoms with van der Waals surface area (Å²) in [6, 6.07) is 9.33. The molecule has 1 N–H and O–H groups in total. The van der Waals surface area contributed by atoms with Crippen molar-refractivity contribution in [2.45, 2.75) is 40.0 Å². The molecule has 1 aliphatic rings. The average molecular weight is 421 g/mol. The molecule has 0 saturated carbocycles. The summed E-state index contributed by atoms with van der Waals surface area (Å²) in [6.07, 6.45) is 5.16. The number of carbonyl (C=O) groups excluding carboxylic acids is 2. The second-order valence-electron chi connectivity index (χ2n) is 7.56. The molecule has 9 heteroatoms. The SMILES string of the molecule is CCn1cc(-c2ccn(-c3ccc(NC=C4C(=O)OC(C)(C)OC4=O)cc3)n2)c(C)n1. The van der Waals surface area contributed by atoms with E-state index in [1.165, 1.54) is 20.0 Å². The summed E-state index contributed by atoms with van der Waals surface area (Å²) in [7, 11) is 0. The number of rotatable bonds is 5. The maximum Gasteiger partial charge on any atom is 0.350 e. The van der Waals surface area contributed by atoms with Crippen molar-refractivity contribution in [2.75, 3.05) is 5.32 Å². The van der Waals surface area contributed by atoms with E-state index in [9.17, 15) is 9.59 Å². The lowest BCUT2D eigenvalue weighted by Gasteiger charge is -2.29. The lowest BCUT2D eigenvalue weighted by molar-refractivity contribution is -0.222. The zero-order valence-corrected chi connectivity index (χ0v) is 17.7. The van der Waals surface area contributed by atoms with Crippen molar-refractivity contribution < 1.29 is 19.1 Å². The van der Waals surface area contributed by atoms with E-state index < -0.39 is 17.7 Å². The minimum absolute atomic E-state index is 0.192. The molecule has 0 aliphatic carbocycles. The van der Waals surface area contributed by atoms with Gasteiger partial charge in [-0.15, -0.1) is 0 Å². The van der Waals surface area contributed by atoms with Gasteiger partial charge < -0.3 is 14.8 Å². The molecule has 1 fully saturated rings. The van der Waals surface area contributed by atoms with E-state index in [-0.39, 0.29) is 5.57 Å². The number of nitrogens with zero attached hydrogens (tertiary/aromatic N) is 4. The molecule has 0 unspecified atom stereocenters. The molecule has 0 bridgehead atoms. The Morgan fingerprint density at radius 2 is 1.74 bits per heavy atom. The van der Waals surface area contributed by atoms with Crippen molar-refractivity contribution in [1.29, 1.82) is 0 Å². The van der Waals surface area contributed by atoms with Crippen LogP contribution in [0, 0.1) is 6.92 Å². The minimum Gasteiger partial charge on any atom is -0.419 e. The predicted molar refractivity (Wildman–Crippen MR) is 113 cm³/mol. The molecule has 3 aromatic rings. The third-order valence-electron chi connectivity index (χ3n) is 4.77. The summed E-state index contributed by atoms with van der Waals surface area (Å²) >= 11 is 0. The number of benzene rings is 1. The Labute approximate surface area is 179 Å². The van der Waals surface area contributed by atoms with Crippen LogP contribution in [0.5, 0.6) is 0 Å². The van der Waals surface area contributed by atoms with Crippen LogP contribution in [0.15, 0.2) is 54.5 Å². The number of ether oxygens (including phenoxy) is 2. The Morgan fingerprint density at radius 1 is 1.06 bits per heavy atom. The molecule has 0 spiro atoms. The lowest BCUT2D eigenvalue weighted by Crippen LogP contribution is -2.42. The predicted octanol–water partition coefficient (Wildman–Crippen LogP) is 3.20. The minimum atomic E-state index is -1.26. The fourth-order valence-corrected chi connectivity index (χ4v) is 3.19. The first-order valence-corrected chi connectivity index (χ1v) is 9.89. The van der Waals surface area contributed by atoms with Gasteiger partial charge >= 0.3 is 11.9 Å². The highest BCUT2D eigenvalue weighted by Crippen LogP contribution is 2.24. The fourth-order valence-electron chi connectivity index (χ4n) is 3.19. The van der Waals surface area contributed by atoms with Crippen LogP contribution in [0.3, 0.4) is 0 Å². The molecule has 9 nitrogen and oxygen atoms in total. The highest BCUT2D eigenvalue weighted by Gasteiger charge is 2.38. The number of esters is 2. The number of cyclic esters (lactones) is 2. The molecular formula is C22H23N5O4. The van der Waals surface area contributed by atoms with Crippen molar-refractivity contribution in [3.05, 3.63) is 60.2 Å². The van der Waals surface area contributed by atoms with Gasteiger partial charge in [0.1, 0.15) is 0 Å². The third kappa shape index (κ3) is 4.20. The van der Waals surface area contributed by atoms with Crippen molar-refractivity contribution in [2.24, 2.45) is 0 Å². The smallest absolute Gasteiger partial charge is 0.350 e. The highest BCUT2D eigenvalue weighted by molar-refractivity contribution is 6.15. The fraction of sp³-hybridized carbons (Fsp3) is 0.273. The van der Waals surface area contributed by atoms with Crippen LogP contribution in [0.2, 0.25) is 0 Å².